The summed E-state index contributed by atoms with van der Waals surface area (Å²) >= 11 is 0. The molecule has 0 radical (unpaired) electrons. The second-order valence-electron chi connectivity index (χ2n) is 12.3. The highest BCUT2D eigenvalue weighted by atomic mass is 28.4. The Morgan fingerprint density at radius 3 is 1.13 bits per heavy atom. The van der Waals surface area contributed by atoms with E-state index < -0.39 is 8.32 Å². The standard InChI is InChI=1S/C42H42N2OSi/c1-6-45-46(4,5)42-30-28-41(29-31-42)44(38-22-14-33(3)15-23-38)40-26-18-35(19-27-40)34-16-24-39(25-17-34)43(36-10-8-7-9-11-36)37-20-12-32(2)13-21-37/h7-31H,6H2,1-5H3. The Balaban J connectivity index is 1.30. The molecule has 6 rings (SSSR count). The summed E-state index contributed by atoms with van der Waals surface area (Å²) in [6, 6.07) is 54.7. The molecule has 0 amide bonds. The molecule has 6 aromatic carbocycles. The first kappa shape index (κ1) is 31.1. The van der Waals surface area contributed by atoms with E-state index in [1.165, 1.54) is 27.4 Å². The molecule has 0 atom stereocenters. The maximum absolute atomic E-state index is 6.15. The van der Waals surface area contributed by atoms with Crippen LogP contribution in [0, 0.1) is 13.8 Å². The molecule has 0 heterocycles. The first-order valence-electron chi connectivity index (χ1n) is 16.1. The van der Waals surface area contributed by atoms with Crippen molar-refractivity contribution in [2.24, 2.45) is 0 Å². The third kappa shape index (κ3) is 6.84. The molecule has 0 saturated heterocycles. The van der Waals surface area contributed by atoms with Crippen LogP contribution in [0.1, 0.15) is 18.1 Å². The quantitative estimate of drug-likeness (QED) is 0.142. The van der Waals surface area contributed by atoms with Gasteiger partial charge in [0.25, 0.3) is 0 Å². The molecular formula is C42H42N2OSi. The smallest absolute Gasteiger partial charge is 0.218 e. The van der Waals surface area contributed by atoms with Gasteiger partial charge in [0.1, 0.15) is 0 Å². The van der Waals surface area contributed by atoms with Crippen molar-refractivity contribution in [3.63, 3.8) is 0 Å². The molecule has 46 heavy (non-hydrogen) atoms. The van der Waals surface area contributed by atoms with Gasteiger partial charge in [-0.3, -0.25) is 0 Å². The van der Waals surface area contributed by atoms with E-state index in [2.05, 4.69) is 195 Å². The highest BCUT2D eigenvalue weighted by Crippen LogP contribution is 2.38. The van der Waals surface area contributed by atoms with Crippen LogP contribution in [0.5, 0.6) is 0 Å². The van der Waals surface area contributed by atoms with Gasteiger partial charge in [0.2, 0.25) is 8.32 Å². The molecule has 230 valence electrons. The van der Waals surface area contributed by atoms with Crippen LogP contribution in [0.2, 0.25) is 13.1 Å². The largest absolute Gasteiger partial charge is 0.413 e. The molecular weight excluding hydrogens is 577 g/mol. The van der Waals surface area contributed by atoms with E-state index in [4.69, 9.17) is 4.43 Å². The minimum absolute atomic E-state index is 0.740. The number of hydrogen-bond donors (Lipinski definition) is 0. The Labute approximate surface area is 275 Å². The van der Waals surface area contributed by atoms with Crippen molar-refractivity contribution in [1.29, 1.82) is 0 Å². The maximum atomic E-state index is 6.15. The molecule has 0 saturated carbocycles. The summed E-state index contributed by atoms with van der Waals surface area (Å²) < 4.78 is 6.15. The molecule has 6 aromatic rings. The summed E-state index contributed by atoms with van der Waals surface area (Å²) in [6.07, 6.45) is 0. The van der Waals surface area contributed by atoms with Crippen molar-refractivity contribution < 1.29 is 4.43 Å². The molecule has 0 fully saturated rings. The average Bonchev–Trinajstić information content (AvgIpc) is 3.08. The zero-order chi connectivity index (χ0) is 32.1. The van der Waals surface area contributed by atoms with E-state index in [-0.39, 0.29) is 0 Å². The third-order valence-electron chi connectivity index (χ3n) is 8.51. The SMILES string of the molecule is CCO[Si](C)(C)c1ccc(N(c2ccc(C)cc2)c2ccc(-c3ccc(N(c4ccccc4)c4ccc(C)cc4)cc3)cc2)cc1. The average molecular weight is 619 g/mol. The lowest BCUT2D eigenvalue weighted by Gasteiger charge is -2.27. The predicted octanol–water partition coefficient (Wildman–Crippen LogP) is 11.4. The monoisotopic (exact) mass is 618 g/mol. The molecule has 0 aliphatic carbocycles. The van der Waals surface area contributed by atoms with Gasteiger partial charge in [-0.1, -0.05) is 90.0 Å². The topological polar surface area (TPSA) is 15.7 Å². The zero-order valence-electron chi connectivity index (χ0n) is 27.4. The van der Waals surface area contributed by atoms with Crippen LogP contribution in [0.3, 0.4) is 0 Å². The molecule has 0 bridgehead atoms. The Kier molecular flexibility index (Phi) is 9.20. The van der Waals surface area contributed by atoms with E-state index in [0.29, 0.717) is 0 Å². The Hall–Kier alpha value is -4.90. The molecule has 0 aliphatic rings. The van der Waals surface area contributed by atoms with Gasteiger partial charge in [-0.15, -0.1) is 0 Å². The normalized spacial score (nSPS) is 11.3. The van der Waals surface area contributed by atoms with Crippen LogP contribution < -0.4 is 15.0 Å². The minimum Gasteiger partial charge on any atom is -0.413 e. The first-order valence-corrected chi connectivity index (χ1v) is 19.0. The fraction of sp³-hybridized carbons (Fsp3) is 0.143. The third-order valence-corrected chi connectivity index (χ3v) is 11.2. The Morgan fingerprint density at radius 2 is 0.761 bits per heavy atom. The second kappa shape index (κ2) is 13.6. The lowest BCUT2D eigenvalue weighted by atomic mass is 10.0. The molecule has 0 spiro atoms. The van der Waals surface area contributed by atoms with E-state index in [9.17, 15) is 0 Å². The molecule has 4 heteroatoms. The summed E-state index contributed by atoms with van der Waals surface area (Å²) in [4.78, 5) is 4.62. The number of benzene rings is 6. The number of nitrogens with zero attached hydrogens (tertiary/aromatic N) is 2. The summed E-state index contributed by atoms with van der Waals surface area (Å²) in [5, 5.41) is 1.30. The van der Waals surface area contributed by atoms with E-state index in [0.717, 1.165) is 40.7 Å². The highest BCUT2D eigenvalue weighted by molar-refractivity contribution is 6.84. The van der Waals surface area contributed by atoms with Crippen LogP contribution >= 0.6 is 0 Å². The zero-order valence-corrected chi connectivity index (χ0v) is 28.4. The van der Waals surface area contributed by atoms with Gasteiger partial charge in [-0.2, -0.15) is 0 Å². The van der Waals surface area contributed by atoms with Crippen molar-refractivity contribution in [1.82, 2.24) is 0 Å². The van der Waals surface area contributed by atoms with Gasteiger partial charge >= 0.3 is 0 Å². The number of hydrogen-bond acceptors (Lipinski definition) is 3. The lowest BCUT2D eigenvalue weighted by Crippen LogP contribution is -2.44. The van der Waals surface area contributed by atoms with Crippen molar-refractivity contribution in [3.05, 3.63) is 163 Å². The maximum Gasteiger partial charge on any atom is 0.218 e. The van der Waals surface area contributed by atoms with Crippen molar-refractivity contribution >= 4 is 47.6 Å². The second-order valence-corrected chi connectivity index (χ2v) is 16.1. The van der Waals surface area contributed by atoms with Gasteiger partial charge in [0.15, 0.2) is 0 Å². The minimum atomic E-state index is -1.92. The summed E-state index contributed by atoms with van der Waals surface area (Å²) in [6.45, 7) is 11.6. The van der Waals surface area contributed by atoms with Crippen LogP contribution in [-0.4, -0.2) is 14.9 Å². The molecule has 0 aliphatic heterocycles. The summed E-state index contributed by atoms with van der Waals surface area (Å²) in [7, 11) is -1.92. The number of aryl methyl sites for hydroxylation is 2. The molecule has 0 N–H and O–H groups in total. The Bertz CT molecular complexity index is 1850. The highest BCUT2D eigenvalue weighted by Gasteiger charge is 2.25. The number of rotatable bonds is 10. The van der Waals surface area contributed by atoms with Crippen molar-refractivity contribution in [3.8, 4) is 11.1 Å². The van der Waals surface area contributed by atoms with Gasteiger partial charge in [0, 0.05) is 40.7 Å². The van der Waals surface area contributed by atoms with Crippen LogP contribution in [0.4, 0.5) is 34.1 Å². The molecule has 0 aromatic heterocycles. The fourth-order valence-electron chi connectivity index (χ4n) is 5.92. The lowest BCUT2D eigenvalue weighted by molar-refractivity contribution is 0.339. The van der Waals surface area contributed by atoms with Gasteiger partial charge < -0.3 is 14.2 Å². The summed E-state index contributed by atoms with van der Waals surface area (Å²) in [5.41, 5.74) is 11.6. The predicted molar refractivity (Wildman–Crippen MR) is 199 cm³/mol. The molecule has 3 nitrogen and oxygen atoms in total. The summed E-state index contributed by atoms with van der Waals surface area (Å²) in [5.74, 6) is 0. The van der Waals surface area contributed by atoms with Gasteiger partial charge in [-0.25, -0.2) is 0 Å². The van der Waals surface area contributed by atoms with E-state index >= 15 is 0 Å². The van der Waals surface area contributed by atoms with E-state index in [1.807, 2.05) is 0 Å². The van der Waals surface area contributed by atoms with Crippen molar-refractivity contribution in [2.45, 2.75) is 33.9 Å². The first-order chi connectivity index (χ1) is 22.3. The Morgan fingerprint density at radius 1 is 0.435 bits per heavy atom. The van der Waals surface area contributed by atoms with Crippen molar-refractivity contribution in [2.75, 3.05) is 16.4 Å². The van der Waals surface area contributed by atoms with Crippen LogP contribution in [-0.2, 0) is 4.43 Å². The van der Waals surface area contributed by atoms with E-state index in [1.54, 1.807) is 0 Å². The number of para-hydroxylation sites is 1. The number of anilines is 6. The van der Waals surface area contributed by atoms with Crippen LogP contribution in [0.15, 0.2) is 152 Å². The van der Waals surface area contributed by atoms with Crippen LogP contribution in [0.25, 0.3) is 11.1 Å². The fourth-order valence-corrected chi connectivity index (χ4v) is 7.78. The van der Waals surface area contributed by atoms with Gasteiger partial charge in [0.05, 0.1) is 0 Å². The van der Waals surface area contributed by atoms with Gasteiger partial charge in [-0.05, 0) is 123 Å². The molecule has 0 unspecified atom stereocenters.